The highest BCUT2D eigenvalue weighted by molar-refractivity contribution is 7.89. The van der Waals surface area contributed by atoms with Crippen LogP contribution in [0.4, 0.5) is 4.79 Å². The fourth-order valence-corrected chi connectivity index (χ4v) is 8.47. The Morgan fingerprint density at radius 1 is 1.04 bits per heavy atom. The van der Waals surface area contributed by atoms with Crippen LogP contribution in [-0.4, -0.2) is 89.7 Å². The predicted molar refractivity (Wildman–Crippen MR) is 204 cm³/mol. The van der Waals surface area contributed by atoms with Gasteiger partial charge < -0.3 is 33.8 Å². The summed E-state index contributed by atoms with van der Waals surface area (Å²) in [5.74, 6) is 0.718. The van der Waals surface area contributed by atoms with Gasteiger partial charge >= 0.3 is 6.09 Å². The zero-order chi connectivity index (χ0) is 38.1. The van der Waals surface area contributed by atoms with Crippen molar-refractivity contribution in [1.29, 1.82) is 0 Å². The van der Waals surface area contributed by atoms with E-state index in [1.165, 1.54) is 4.31 Å². The largest absolute Gasteiger partial charge is 0.494 e. The summed E-state index contributed by atoms with van der Waals surface area (Å²) >= 11 is 0. The third-order valence-corrected chi connectivity index (χ3v) is 17.1. The SMILES string of the molecule is CCCCOc1ccc(C[C@H](NC(=O)O[C@H]2CO[C@H]3OCC[C@H]32)[C@H](O)CN(C[C@@H](C)CC)S(=O)(=O)c2ccc(CO[Si](C)(C)C(C)(C)C)cc2)cc1. The number of amides is 1. The van der Waals surface area contributed by atoms with Crippen molar-refractivity contribution in [2.75, 3.05) is 32.9 Å². The van der Waals surface area contributed by atoms with Crippen LogP contribution < -0.4 is 10.1 Å². The lowest BCUT2D eigenvalue weighted by Crippen LogP contribution is -2.51. The van der Waals surface area contributed by atoms with Gasteiger partial charge in [-0.1, -0.05) is 78.6 Å². The molecule has 2 fully saturated rings. The van der Waals surface area contributed by atoms with E-state index >= 15 is 0 Å². The van der Waals surface area contributed by atoms with Gasteiger partial charge in [-0.25, -0.2) is 13.2 Å². The van der Waals surface area contributed by atoms with Gasteiger partial charge in [0.15, 0.2) is 14.6 Å². The van der Waals surface area contributed by atoms with Crippen LogP contribution >= 0.6 is 0 Å². The first-order valence-electron chi connectivity index (χ1n) is 18.9. The van der Waals surface area contributed by atoms with Gasteiger partial charge in [-0.15, -0.1) is 0 Å². The van der Waals surface area contributed by atoms with Crippen molar-refractivity contribution < 1.29 is 41.7 Å². The van der Waals surface area contributed by atoms with Crippen LogP contribution in [0.5, 0.6) is 5.75 Å². The molecule has 0 radical (unpaired) electrons. The molecule has 2 heterocycles. The predicted octanol–water partition coefficient (Wildman–Crippen LogP) is 6.88. The van der Waals surface area contributed by atoms with Crippen molar-refractivity contribution in [3.05, 3.63) is 59.7 Å². The molecule has 6 atom stereocenters. The number of unbranched alkanes of at least 4 members (excludes halogenated alkanes) is 1. The summed E-state index contributed by atoms with van der Waals surface area (Å²) < 4.78 is 58.9. The topological polar surface area (TPSA) is 133 Å². The molecule has 2 saturated heterocycles. The van der Waals surface area contributed by atoms with Gasteiger partial charge in [-0.05, 0) is 78.7 Å². The highest BCUT2D eigenvalue weighted by Gasteiger charge is 2.44. The average Bonchev–Trinajstić information content (AvgIpc) is 3.72. The van der Waals surface area contributed by atoms with Gasteiger partial charge in [0.2, 0.25) is 10.0 Å². The Balaban J connectivity index is 1.52. The highest BCUT2D eigenvalue weighted by atomic mass is 32.2. The Labute approximate surface area is 312 Å². The zero-order valence-corrected chi connectivity index (χ0v) is 34.2. The van der Waals surface area contributed by atoms with E-state index in [1.54, 1.807) is 24.3 Å². The number of carbonyl (C=O) groups is 1. The summed E-state index contributed by atoms with van der Waals surface area (Å²) in [6.45, 7) is 18.8. The molecule has 0 aliphatic carbocycles. The maximum absolute atomic E-state index is 14.2. The molecule has 2 N–H and O–H groups in total. The van der Waals surface area contributed by atoms with Crippen molar-refractivity contribution >= 4 is 24.4 Å². The Bertz CT molecular complexity index is 1520. The van der Waals surface area contributed by atoms with Crippen molar-refractivity contribution in [2.45, 2.75) is 128 Å². The summed E-state index contributed by atoms with van der Waals surface area (Å²) in [6, 6.07) is 13.5. The molecule has 13 heteroatoms. The first-order chi connectivity index (χ1) is 24.5. The van der Waals surface area contributed by atoms with E-state index in [9.17, 15) is 18.3 Å². The maximum Gasteiger partial charge on any atom is 0.407 e. The third-order valence-electron chi connectivity index (χ3n) is 10.7. The van der Waals surface area contributed by atoms with E-state index in [0.717, 1.165) is 42.6 Å². The smallest absolute Gasteiger partial charge is 0.407 e. The molecular weight excluding hydrogens is 701 g/mol. The lowest BCUT2D eigenvalue weighted by atomic mass is 10.0. The van der Waals surface area contributed by atoms with E-state index in [-0.39, 0.29) is 54.2 Å². The van der Waals surface area contributed by atoms with Crippen LogP contribution in [0.15, 0.2) is 53.4 Å². The highest BCUT2D eigenvalue weighted by Crippen LogP contribution is 2.37. The second-order valence-electron chi connectivity index (χ2n) is 15.9. The Kier molecular flexibility index (Phi) is 15.2. The van der Waals surface area contributed by atoms with Crippen LogP contribution in [0.2, 0.25) is 18.1 Å². The van der Waals surface area contributed by atoms with E-state index in [0.29, 0.717) is 19.8 Å². The maximum atomic E-state index is 14.2. The fourth-order valence-electron chi connectivity index (χ4n) is 5.93. The van der Waals surface area contributed by atoms with Crippen molar-refractivity contribution in [1.82, 2.24) is 9.62 Å². The molecule has 2 aliphatic heterocycles. The van der Waals surface area contributed by atoms with Crippen molar-refractivity contribution in [2.24, 2.45) is 11.8 Å². The van der Waals surface area contributed by atoms with Gasteiger partial charge in [0, 0.05) is 13.1 Å². The number of fused-ring (bicyclic) bond motifs is 1. The molecule has 292 valence electrons. The Morgan fingerprint density at radius 2 is 1.71 bits per heavy atom. The molecule has 4 rings (SSSR count). The average molecular weight is 763 g/mol. The Morgan fingerprint density at radius 3 is 2.35 bits per heavy atom. The second-order valence-corrected chi connectivity index (χ2v) is 22.6. The molecule has 0 saturated carbocycles. The summed E-state index contributed by atoms with van der Waals surface area (Å²) in [7, 11) is -6.00. The number of nitrogens with zero attached hydrogens (tertiary/aromatic N) is 1. The fraction of sp³-hybridized carbons (Fsp3) is 0.667. The summed E-state index contributed by atoms with van der Waals surface area (Å²) in [6.07, 6.45) is 0.898. The molecule has 1 amide bonds. The minimum atomic E-state index is -4.01. The molecule has 2 aromatic carbocycles. The number of aliphatic hydroxyl groups is 1. The van der Waals surface area contributed by atoms with Gasteiger partial charge in [0.1, 0.15) is 11.9 Å². The van der Waals surface area contributed by atoms with E-state index in [2.05, 4.69) is 46.1 Å². The van der Waals surface area contributed by atoms with Crippen LogP contribution in [0.1, 0.15) is 78.4 Å². The standard InChI is InChI=1S/C39H62N2O9SSi/c1-9-11-21-46-31-16-12-29(13-17-31)23-34(40-38(43)50-36-27-48-37-33(36)20-22-47-37)35(42)25-41(24-28(3)10-2)51(44,45)32-18-14-30(15-19-32)26-49-52(7,8)39(4,5)6/h12-19,28,33-37,42H,9-11,20-27H2,1-8H3,(H,40,43)/t28-,33-,34-,35+,36-,37+/m0/s1. The lowest BCUT2D eigenvalue weighted by Gasteiger charge is -2.36. The minimum absolute atomic E-state index is 0.0276. The van der Waals surface area contributed by atoms with E-state index < -0.39 is 42.7 Å². The van der Waals surface area contributed by atoms with Crippen LogP contribution in [-0.2, 0) is 41.7 Å². The summed E-state index contributed by atoms with van der Waals surface area (Å²) in [5, 5.41) is 14.7. The quantitative estimate of drug-likeness (QED) is 0.116. The first kappa shape index (κ1) is 42.2. The summed E-state index contributed by atoms with van der Waals surface area (Å²) in [4.78, 5) is 13.5. The zero-order valence-electron chi connectivity index (χ0n) is 32.4. The Hall–Kier alpha value is -2.52. The molecule has 0 unspecified atom stereocenters. The number of benzene rings is 2. The second kappa shape index (κ2) is 18.7. The van der Waals surface area contributed by atoms with Crippen molar-refractivity contribution in [3.63, 3.8) is 0 Å². The monoisotopic (exact) mass is 762 g/mol. The normalized spacial score (nSPS) is 21.1. The number of sulfonamides is 1. The number of rotatable bonds is 19. The summed E-state index contributed by atoms with van der Waals surface area (Å²) in [5.41, 5.74) is 1.73. The number of hydrogen-bond donors (Lipinski definition) is 2. The molecule has 0 spiro atoms. The minimum Gasteiger partial charge on any atom is -0.494 e. The number of nitrogens with one attached hydrogen (secondary N) is 1. The van der Waals surface area contributed by atoms with Gasteiger partial charge in [0.25, 0.3) is 0 Å². The van der Waals surface area contributed by atoms with E-state index in [4.69, 9.17) is 23.4 Å². The number of hydrogen-bond acceptors (Lipinski definition) is 9. The number of aliphatic hydroxyl groups excluding tert-OH is 1. The molecule has 0 aromatic heterocycles. The van der Waals surface area contributed by atoms with Gasteiger partial charge in [-0.2, -0.15) is 4.31 Å². The molecule has 2 aliphatic rings. The van der Waals surface area contributed by atoms with Crippen molar-refractivity contribution in [3.8, 4) is 5.75 Å². The third kappa shape index (κ3) is 11.5. The van der Waals surface area contributed by atoms with Crippen LogP contribution in [0, 0.1) is 11.8 Å². The number of ether oxygens (including phenoxy) is 4. The molecule has 2 aromatic rings. The molecular formula is C39H62N2O9SSi. The number of carbonyl (C=O) groups excluding carboxylic acids is 1. The molecule has 0 bridgehead atoms. The molecule has 11 nitrogen and oxygen atoms in total. The van der Waals surface area contributed by atoms with Gasteiger partial charge in [0.05, 0.1) is 49.4 Å². The van der Waals surface area contributed by atoms with Crippen LogP contribution in [0.25, 0.3) is 0 Å². The first-order valence-corrected chi connectivity index (χ1v) is 23.2. The lowest BCUT2D eigenvalue weighted by molar-refractivity contribution is -0.0907. The van der Waals surface area contributed by atoms with Crippen LogP contribution in [0.3, 0.4) is 0 Å². The number of alkyl carbamates (subject to hydrolysis) is 1. The van der Waals surface area contributed by atoms with E-state index in [1.807, 2.05) is 38.1 Å². The molecule has 52 heavy (non-hydrogen) atoms. The van der Waals surface area contributed by atoms with Gasteiger partial charge in [-0.3, -0.25) is 0 Å².